The molecule has 0 radical (unpaired) electrons. The normalized spacial score (nSPS) is 14.0. The fourth-order valence-electron chi connectivity index (χ4n) is 3.83. The highest BCUT2D eigenvalue weighted by Crippen LogP contribution is 2.45. The number of hydrogen-bond acceptors (Lipinski definition) is 5. The minimum absolute atomic E-state index is 0.0325. The maximum absolute atomic E-state index is 14.9. The Morgan fingerprint density at radius 1 is 1.06 bits per heavy atom. The average Bonchev–Trinajstić information content (AvgIpc) is 3.25. The summed E-state index contributed by atoms with van der Waals surface area (Å²) in [7, 11) is 0. The Kier molecular flexibility index (Phi) is 5.53. The van der Waals surface area contributed by atoms with Crippen molar-refractivity contribution in [2.24, 2.45) is 0 Å². The summed E-state index contributed by atoms with van der Waals surface area (Å²) in [5.41, 5.74) is -1.54. The molecule has 31 heavy (non-hydrogen) atoms. The molecule has 160 valence electrons. The number of nitrogens with zero attached hydrogens (tertiary/aromatic N) is 3. The number of benzene rings is 2. The van der Waals surface area contributed by atoms with Crippen LogP contribution in [0.3, 0.4) is 0 Å². The van der Waals surface area contributed by atoms with Gasteiger partial charge in [-0.3, -0.25) is 10.1 Å². The van der Waals surface area contributed by atoms with Crippen LogP contribution in [0, 0.1) is 11.6 Å². The first-order valence-corrected chi connectivity index (χ1v) is 10.9. The summed E-state index contributed by atoms with van der Waals surface area (Å²) in [5, 5.41) is 19.5. The quantitative estimate of drug-likeness (QED) is 0.423. The molecule has 4 rings (SSSR count). The zero-order valence-corrected chi connectivity index (χ0v) is 18.2. The van der Waals surface area contributed by atoms with Crippen molar-refractivity contribution in [3.05, 3.63) is 83.6 Å². The van der Waals surface area contributed by atoms with Gasteiger partial charge in [0.05, 0.1) is 5.52 Å². The number of fused-ring (bicyclic) bond motifs is 1. The number of nitrogens with one attached hydrogen (secondary N) is 1. The molecule has 1 atom stereocenters. The summed E-state index contributed by atoms with van der Waals surface area (Å²) in [4.78, 5) is 10.0. The molecule has 0 aliphatic heterocycles. The molecule has 0 amide bonds. The van der Waals surface area contributed by atoms with Gasteiger partial charge in [-0.05, 0) is 36.6 Å². The van der Waals surface area contributed by atoms with Crippen LogP contribution >= 0.6 is 11.8 Å². The van der Waals surface area contributed by atoms with Crippen LogP contribution < -0.4 is 0 Å². The Morgan fingerprint density at radius 2 is 1.87 bits per heavy atom. The molecule has 0 spiro atoms. The van der Waals surface area contributed by atoms with Crippen LogP contribution in [0.4, 0.5) is 8.78 Å². The number of aromatic amines is 1. The highest BCUT2D eigenvalue weighted by Gasteiger charge is 2.49. The summed E-state index contributed by atoms with van der Waals surface area (Å²) < 4.78 is 28.5. The Labute approximate surface area is 183 Å². The monoisotopic (exact) mass is 440 g/mol. The molecule has 4 aromatic rings. The maximum Gasteiger partial charge on any atom is 0.137 e. The first kappa shape index (κ1) is 21.4. The van der Waals surface area contributed by atoms with Crippen LogP contribution in [-0.4, -0.2) is 31.5 Å². The number of pyridine rings is 1. The van der Waals surface area contributed by atoms with Gasteiger partial charge < -0.3 is 5.11 Å². The SMILES string of the molecule is CSc1ccc2nc(C(C)(C)C(O)(Cc3ncn[nH]3)c3ccc(F)cc3F)ccc2c1. The largest absolute Gasteiger partial charge is 0.384 e. The number of halogens is 2. The standard InChI is InChI=1S/C23H22F2N4OS/c1-22(2,20-9-4-14-10-16(31-3)6-8-19(14)28-20)23(30,12-21-26-13-27-29-21)17-7-5-15(24)11-18(17)25/h4-11,13,30H,12H2,1-3H3,(H,26,27,29). The van der Waals surface area contributed by atoms with Gasteiger partial charge in [-0.25, -0.2) is 13.8 Å². The van der Waals surface area contributed by atoms with E-state index in [1.807, 2.05) is 36.6 Å². The molecule has 0 saturated carbocycles. The Bertz CT molecular complexity index is 1230. The van der Waals surface area contributed by atoms with Crippen LogP contribution in [0.5, 0.6) is 0 Å². The molecule has 1 unspecified atom stereocenters. The van der Waals surface area contributed by atoms with Crippen molar-refractivity contribution in [2.45, 2.75) is 36.2 Å². The van der Waals surface area contributed by atoms with E-state index in [2.05, 4.69) is 15.2 Å². The molecular formula is C23H22F2N4OS. The van der Waals surface area contributed by atoms with Gasteiger partial charge in [0.15, 0.2) is 0 Å². The van der Waals surface area contributed by atoms with E-state index < -0.39 is 22.7 Å². The fraction of sp³-hybridized carbons (Fsp3) is 0.261. The molecule has 2 N–H and O–H groups in total. The van der Waals surface area contributed by atoms with E-state index >= 15 is 0 Å². The number of aromatic nitrogens is 4. The van der Waals surface area contributed by atoms with Crippen LogP contribution in [0.1, 0.15) is 30.9 Å². The first-order valence-electron chi connectivity index (χ1n) is 9.72. The Hall–Kier alpha value is -2.84. The third-order valence-corrected chi connectivity index (χ3v) is 6.56. The Balaban J connectivity index is 1.87. The predicted octanol–water partition coefficient (Wildman–Crippen LogP) is 4.76. The fourth-order valence-corrected chi connectivity index (χ4v) is 4.28. The molecule has 2 aromatic heterocycles. The Morgan fingerprint density at radius 3 is 2.55 bits per heavy atom. The summed E-state index contributed by atoms with van der Waals surface area (Å²) in [6.07, 6.45) is 3.27. The van der Waals surface area contributed by atoms with Crippen LogP contribution in [0.25, 0.3) is 10.9 Å². The summed E-state index contributed by atoms with van der Waals surface area (Å²) >= 11 is 1.64. The number of thioether (sulfide) groups is 1. The molecule has 0 aliphatic rings. The van der Waals surface area contributed by atoms with Gasteiger partial charge in [-0.2, -0.15) is 5.10 Å². The number of hydrogen-bond donors (Lipinski definition) is 2. The molecule has 0 bridgehead atoms. The van der Waals surface area contributed by atoms with Gasteiger partial charge in [0.1, 0.15) is 29.4 Å². The molecule has 0 fully saturated rings. The minimum Gasteiger partial charge on any atom is -0.384 e. The average molecular weight is 441 g/mol. The number of H-pyrrole nitrogens is 1. The van der Waals surface area contributed by atoms with Crippen LogP contribution in [-0.2, 0) is 17.4 Å². The van der Waals surface area contributed by atoms with E-state index in [1.54, 1.807) is 25.6 Å². The topological polar surface area (TPSA) is 74.7 Å². The molecule has 0 saturated heterocycles. The maximum atomic E-state index is 14.9. The number of rotatable bonds is 6. The molecule has 8 heteroatoms. The van der Waals surface area contributed by atoms with Crippen LogP contribution in [0.2, 0.25) is 0 Å². The van der Waals surface area contributed by atoms with E-state index in [9.17, 15) is 13.9 Å². The van der Waals surface area contributed by atoms with Gasteiger partial charge in [-0.1, -0.05) is 26.0 Å². The molecule has 0 aliphatic carbocycles. The predicted molar refractivity (Wildman–Crippen MR) is 117 cm³/mol. The van der Waals surface area contributed by atoms with Gasteiger partial charge >= 0.3 is 0 Å². The lowest BCUT2D eigenvalue weighted by Crippen LogP contribution is -2.48. The summed E-state index contributed by atoms with van der Waals surface area (Å²) in [6, 6.07) is 12.9. The smallest absolute Gasteiger partial charge is 0.137 e. The van der Waals surface area contributed by atoms with E-state index in [-0.39, 0.29) is 12.0 Å². The van der Waals surface area contributed by atoms with E-state index in [0.717, 1.165) is 27.9 Å². The third-order valence-electron chi connectivity index (χ3n) is 5.84. The minimum atomic E-state index is -1.79. The number of aliphatic hydroxyl groups is 1. The van der Waals surface area contributed by atoms with Crippen LogP contribution in [0.15, 0.2) is 59.8 Å². The van der Waals surface area contributed by atoms with Gasteiger partial charge in [-0.15, -0.1) is 11.8 Å². The van der Waals surface area contributed by atoms with E-state index in [0.29, 0.717) is 11.5 Å². The zero-order chi connectivity index (χ0) is 22.2. The van der Waals surface area contributed by atoms with Crippen molar-refractivity contribution in [3.8, 4) is 0 Å². The molecular weight excluding hydrogens is 418 g/mol. The van der Waals surface area contributed by atoms with Crippen molar-refractivity contribution < 1.29 is 13.9 Å². The molecule has 2 heterocycles. The van der Waals surface area contributed by atoms with Gasteiger partial charge in [0, 0.05) is 39.4 Å². The first-order chi connectivity index (χ1) is 14.7. The zero-order valence-electron chi connectivity index (χ0n) is 17.4. The van der Waals surface area contributed by atoms with E-state index in [1.165, 1.54) is 12.4 Å². The second-order valence-corrected chi connectivity index (χ2v) is 8.85. The van der Waals surface area contributed by atoms with Crippen molar-refractivity contribution in [1.29, 1.82) is 0 Å². The van der Waals surface area contributed by atoms with Crippen molar-refractivity contribution in [2.75, 3.05) is 6.26 Å². The lowest BCUT2D eigenvalue weighted by molar-refractivity contribution is -0.0379. The third kappa shape index (κ3) is 3.81. The summed E-state index contributed by atoms with van der Waals surface area (Å²) in [5.74, 6) is -1.17. The molecule has 5 nitrogen and oxygen atoms in total. The molecule has 2 aromatic carbocycles. The second kappa shape index (κ2) is 8.01. The summed E-state index contributed by atoms with van der Waals surface area (Å²) in [6.45, 7) is 3.58. The van der Waals surface area contributed by atoms with Crippen molar-refractivity contribution in [3.63, 3.8) is 0 Å². The van der Waals surface area contributed by atoms with Crippen molar-refractivity contribution in [1.82, 2.24) is 20.2 Å². The highest BCUT2D eigenvalue weighted by atomic mass is 32.2. The van der Waals surface area contributed by atoms with Gasteiger partial charge in [0.25, 0.3) is 0 Å². The lowest BCUT2D eigenvalue weighted by Gasteiger charge is -2.42. The van der Waals surface area contributed by atoms with E-state index in [4.69, 9.17) is 4.98 Å². The highest BCUT2D eigenvalue weighted by molar-refractivity contribution is 7.98. The van der Waals surface area contributed by atoms with Gasteiger partial charge in [0.2, 0.25) is 0 Å². The second-order valence-electron chi connectivity index (χ2n) is 7.97. The van der Waals surface area contributed by atoms with Crippen molar-refractivity contribution >= 4 is 22.7 Å². The lowest BCUT2D eigenvalue weighted by atomic mass is 9.66.